The van der Waals surface area contributed by atoms with Gasteiger partial charge in [0.15, 0.2) is 0 Å². The fourth-order valence-corrected chi connectivity index (χ4v) is 5.53. The van der Waals surface area contributed by atoms with E-state index in [0.29, 0.717) is 36.6 Å². The highest BCUT2D eigenvalue weighted by Gasteiger charge is 2.33. The summed E-state index contributed by atoms with van der Waals surface area (Å²) in [6.45, 7) is 5.52. The zero-order valence-corrected chi connectivity index (χ0v) is 23.3. The van der Waals surface area contributed by atoms with E-state index < -0.39 is 5.60 Å². The number of hydrogen-bond donors (Lipinski definition) is 1. The molecule has 0 aliphatic carbocycles. The van der Waals surface area contributed by atoms with Crippen LogP contribution in [0.5, 0.6) is 5.75 Å². The normalized spacial score (nSPS) is 17.6. The number of rotatable bonds is 8. The molecule has 39 heavy (non-hydrogen) atoms. The molecule has 1 N–H and O–H groups in total. The number of fused-ring (bicyclic) bond motifs is 2. The van der Waals surface area contributed by atoms with Gasteiger partial charge in [0.05, 0.1) is 17.8 Å². The Balaban J connectivity index is 1.32. The Bertz CT molecular complexity index is 1330. The molecule has 0 aromatic heterocycles. The molecule has 204 valence electrons. The molecule has 0 atom stereocenters. The maximum Gasteiger partial charge on any atom is 0.338 e. The number of esters is 1. The molecule has 1 saturated heterocycles. The Kier molecular flexibility index (Phi) is 8.71. The summed E-state index contributed by atoms with van der Waals surface area (Å²) in [7, 11) is 0. The van der Waals surface area contributed by atoms with Crippen LogP contribution in [0.3, 0.4) is 0 Å². The van der Waals surface area contributed by atoms with Gasteiger partial charge >= 0.3 is 5.97 Å². The predicted molar refractivity (Wildman–Crippen MR) is 155 cm³/mol. The first-order valence-electron chi connectivity index (χ1n) is 13.9. The van der Waals surface area contributed by atoms with Gasteiger partial charge in [-0.3, -0.25) is 0 Å². The molecule has 0 radical (unpaired) electrons. The molecule has 0 amide bonds. The predicted octanol–water partition coefficient (Wildman–Crippen LogP) is 6.99. The molecule has 1 fully saturated rings. The fraction of sp³-hybridized carbons (Fsp3) is 0.364. The Hall–Kier alpha value is -3.12. The lowest BCUT2D eigenvalue weighted by Crippen LogP contribution is -2.42. The van der Waals surface area contributed by atoms with Crippen molar-refractivity contribution in [3.63, 3.8) is 0 Å². The smallest absolute Gasteiger partial charge is 0.338 e. The van der Waals surface area contributed by atoms with Crippen LogP contribution in [0.15, 0.2) is 72.8 Å². The Labute approximate surface area is 236 Å². The van der Waals surface area contributed by atoms with Crippen LogP contribution in [-0.4, -0.2) is 42.2 Å². The quantitative estimate of drug-likeness (QED) is 0.244. The Morgan fingerprint density at radius 3 is 2.62 bits per heavy atom. The van der Waals surface area contributed by atoms with E-state index in [1.807, 2.05) is 48.5 Å². The van der Waals surface area contributed by atoms with E-state index in [9.17, 15) is 9.90 Å². The second-order valence-corrected chi connectivity index (χ2v) is 10.9. The fourth-order valence-electron chi connectivity index (χ4n) is 5.40. The number of hydrogen-bond acceptors (Lipinski definition) is 5. The summed E-state index contributed by atoms with van der Waals surface area (Å²) >= 11 is 6.04. The summed E-state index contributed by atoms with van der Waals surface area (Å²) in [4.78, 5) is 15.1. The molecule has 6 heteroatoms. The summed E-state index contributed by atoms with van der Waals surface area (Å²) in [5, 5.41) is 11.9. The summed E-state index contributed by atoms with van der Waals surface area (Å²) in [5.74, 6) is 0.471. The number of nitrogens with zero attached hydrogens (tertiary/aromatic N) is 1. The van der Waals surface area contributed by atoms with Gasteiger partial charge < -0.3 is 19.5 Å². The Morgan fingerprint density at radius 2 is 1.85 bits per heavy atom. The SMILES string of the molecule is CCCCOC(=O)c1ccc2c(c1)/C(=C/CCN1CCC(O)(c3ccc(Cl)cc3)CC1)c1ccccc1CO2. The molecule has 3 aromatic rings. The van der Waals surface area contributed by atoms with Gasteiger partial charge in [-0.25, -0.2) is 4.79 Å². The van der Waals surface area contributed by atoms with Gasteiger partial charge in [0.2, 0.25) is 0 Å². The van der Waals surface area contributed by atoms with Crippen molar-refractivity contribution in [2.45, 2.75) is 51.2 Å². The van der Waals surface area contributed by atoms with Crippen molar-refractivity contribution in [1.82, 2.24) is 4.90 Å². The lowest BCUT2D eigenvalue weighted by molar-refractivity contribution is -0.0254. The van der Waals surface area contributed by atoms with Gasteiger partial charge in [-0.05, 0) is 78.3 Å². The van der Waals surface area contributed by atoms with Gasteiger partial charge in [-0.2, -0.15) is 0 Å². The van der Waals surface area contributed by atoms with Gasteiger partial charge in [0.1, 0.15) is 12.4 Å². The van der Waals surface area contributed by atoms with Gasteiger partial charge in [-0.15, -0.1) is 0 Å². The van der Waals surface area contributed by atoms with Crippen LogP contribution in [0.1, 0.15) is 71.6 Å². The molecule has 0 unspecified atom stereocenters. The third-order valence-corrected chi connectivity index (χ3v) is 8.04. The van der Waals surface area contributed by atoms with Crippen LogP contribution >= 0.6 is 11.6 Å². The number of likely N-dealkylation sites (tertiary alicyclic amines) is 1. The van der Waals surface area contributed by atoms with Crippen LogP contribution in [0, 0.1) is 0 Å². The number of aliphatic hydroxyl groups is 1. The van der Waals surface area contributed by atoms with Gasteiger partial charge in [0.25, 0.3) is 0 Å². The standard InChI is InChI=1S/C33H36ClNO4/c1-2-3-21-38-32(36)24-10-15-31-30(22-24)29(28-8-5-4-7-25(28)23-39-31)9-6-18-35-19-16-33(37,17-20-35)26-11-13-27(34)14-12-26/h4-5,7-15,22,37H,2-3,6,16-21,23H2,1H3/b29-9+. The van der Waals surface area contributed by atoms with Crippen molar-refractivity contribution < 1.29 is 19.4 Å². The molecule has 3 aromatic carbocycles. The van der Waals surface area contributed by atoms with Crippen molar-refractivity contribution in [2.24, 2.45) is 0 Å². The average Bonchev–Trinajstić information content (AvgIpc) is 3.11. The molecule has 2 aliphatic heterocycles. The van der Waals surface area contributed by atoms with E-state index >= 15 is 0 Å². The second kappa shape index (κ2) is 12.4. The summed E-state index contributed by atoms with van der Waals surface area (Å²) in [6.07, 6.45) is 6.31. The van der Waals surface area contributed by atoms with Gasteiger partial charge in [0, 0.05) is 30.2 Å². The van der Waals surface area contributed by atoms with Gasteiger partial charge in [-0.1, -0.05) is 67.4 Å². The van der Waals surface area contributed by atoms with E-state index in [1.165, 1.54) is 0 Å². The van der Waals surface area contributed by atoms with Crippen molar-refractivity contribution >= 4 is 23.1 Å². The lowest BCUT2D eigenvalue weighted by Gasteiger charge is -2.38. The van der Waals surface area contributed by atoms with Crippen LogP contribution in [0.2, 0.25) is 5.02 Å². The highest BCUT2D eigenvalue weighted by molar-refractivity contribution is 6.30. The number of ether oxygens (including phenoxy) is 2. The molecular weight excluding hydrogens is 510 g/mol. The van der Waals surface area contributed by atoms with E-state index in [2.05, 4.69) is 30.0 Å². The number of carbonyl (C=O) groups is 1. The zero-order valence-electron chi connectivity index (χ0n) is 22.5. The van der Waals surface area contributed by atoms with Crippen LogP contribution < -0.4 is 4.74 Å². The van der Waals surface area contributed by atoms with E-state index in [1.54, 1.807) is 6.07 Å². The maximum absolute atomic E-state index is 12.7. The lowest BCUT2D eigenvalue weighted by atomic mass is 9.84. The van der Waals surface area contributed by atoms with E-state index in [4.69, 9.17) is 21.1 Å². The van der Waals surface area contributed by atoms with Crippen molar-refractivity contribution in [3.8, 4) is 5.75 Å². The minimum absolute atomic E-state index is 0.301. The number of halogens is 1. The molecule has 2 heterocycles. The molecule has 5 rings (SSSR count). The molecule has 0 spiro atoms. The minimum atomic E-state index is -0.807. The number of piperidine rings is 1. The number of benzene rings is 3. The zero-order chi connectivity index (χ0) is 27.2. The summed E-state index contributed by atoms with van der Waals surface area (Å²) < 4.78 is 11.6. The molecule has 0 saturated carbocycles. The second-order valence-electron chi connectivity index (χ2n) is 10.4. The topological polar surface area (TPSA) is 59.0 Å². The molecule has 5 nitrogen and oxygen atoms in total. The summed E-state index contributed by atoms with van der Waals surface area (Å²) in [6, 6.07) is 21.4. The average molecular weight is 546 g/mol. The largest absolute Gasteiger partial charge is 0.488 e. The molecule has 0 bridgehead atoms. The molecular formula is C33H36ClNO4. The van der Waals surface area contributed by atoms with Crippen LogP contribution in [-0.2, 0) is 16.9 Å². The highest BCUT2D eigenvalue weighted by Crippen LogP contribution is 2.38. The van der Waals surface area contributed by atoms with Crippen LogP contribution in [0.4, 0.5) is 0 Å². The first-order chi connectivity index (χ1) is 19.0. The summed E-state index contributed by atoms with van der Waals surface area (Å²) in [5.41, 5.74) is 4.91. The maximum atomic E-state index is 12.7. The van der Waals surface area contributed by atoms with Crippen molar-refractivity contribution in [1.29, 1.82) is 0 Å². The van der Waals surface area contributed by atoms with E-state index in [0.717, 1.165) is 72.5 Å². The van der Waals surface area contributed by atoms with Crippen LogP contribution in [0.25, 0.3) is 5.57 Å². The first-order valence-corrected chi connectivity index (χ1v) is 14.3. The Morgan fingerprint density at radius 1 is 1.08 bits per heavy atom. The minimum Gasteiger partial charge on any atom is -0.488 e. The molecule has 2 aliphatic rings. The van der Waals surface area contributed by atoms with Crippen molar-refractivity contribution in [3.05, 3.63) is 106 Å². The third-order valence-electron chi connectivity index (χ3n) is 7.79. The number of unbranched alkanes of at least 4 members (excludes halogenated alkanes) is 1. The number of carbonyl (C=O) groups excluding carboxylic acids is 1. The third kappa shape index (κ3) is 6.38. The van der Waals surface area contributed by atoms with E-state index in [-0.39, 0.29) is 5.97 Å². The monoisotopic (exact) mass is 545 g/mol. The first kappa shape index (κ1) is 27.4. The highest BCUT2D eigenvalue weighted by atomic mass is 35.5. The van der Waals surface area contributed by atoms with Crippen molar-refractivity contribution in [2.75, 3.05) is 26.2 Å².